The Morgan fingerprint density at radius 3 is 1.47 bits per heavy atom. The van der Waals surface area contributed by atoms with Crippen LogP contribution in [0.1, 0.15) is 181 Å². The van der Waals surface area contributed by atoms with E-state index >= 15 is 0 Å². The van der Waals surface area contributed by atoms with Crippen LogP contribution in [0.25, 0.3) is 0 Å². The van der Waals surface area contributed by atoms with Gasteiger partial charge in [-0.1, -0.05) is 167 Å². The average Bonchev–Trinajstić information content (AvgIpc) is 3.24. The molecule has 2 fully saturated rings. The van der Waals surface area contributed by atoms with E-state index in [9.17, 15) is 45.6 Å². The zero-order valence-electron chi connectivity index (χ0n) is 37.2. The van der Waals surface area contributed by atoms with E-state index in [0.29, 0.717) is 6.42 Å². The van der Waals surface area contributed by atoms with Gasteiger partial charge in [0.05, 0.1) is 32.0 Å². The highest BCUT2D eigenvalue weighted by molar-refractivity contribution is 5.76. The van der Waals surface area contributed by atoms with Crippen LogP contribution in [0.15, 0.2) is 12.2 Å². The molecule has 0 aliphatic carbocycles. The molecule has 12 atom stereocenters. The minimum Gasteiger partial charge on any atom is -0.394 e. The summed E-state index contributed by atoms with van der Waals surface area (Å²) < 4.78 is 22.5. The van der Waals surface area contributed by atoms with E-state index in [0.717, 1.165) is 38.5 Å². The van der Waals surface area contributed by atoms with Crippen molar-refractivity contribution >= 4 is 5.91 Å². The van der Waals surface area contributed by atoms with Crippen LogP contribution in [0, 0.1) is 0 Å². The molecule has 0 aromatic rings. The lowest BCUT2D eigenvalue weighted by atomic mass is 9.98. The molecule has 1 amide bonds. The van der Waals surface area contributed by atoms with Gasteiger partial charge in [-0.15, -0.1) is 0 Å². The molecule has 0 radical (unpaired) electrons. The van der Waals surface area contributed by atoms with Crippen molar-refractivity contribution in [2.24, 2.45) is 0 Å². The van der Waals surface area contributed by atoms with Crippen molar-refractivity contribution < 1.29 is 64.6 Å². The number of rotatable bonds is 36. The summed E-state index contributed by atoms with van der Waals surface area (Å²) in [6.07, 6.45) is 17.1. The normalized spacial score (nSPS) is 28.3. The monoisotopic (exact) mass is 862 g/mol. The maximum atomic E-state index is 13.1. The Kier molecular flexibility index (Phi) is 31.3. The third-order valence-corrected chi connectivity index (χ3v) is 12.0. The summed E-state index contributed by atoms with van der Waals surface area (Å²) in [4.78, 5) is 13.1. The first-order valence-electron chi connectivity index (χ1n) is 23.9. The van der Waals surface area contributed by atoms with Crippen molar-refractivity contribution in [3.63, 3.8) is 0 Å². The van der Waals surface area contributed by atoms with Gasteiger partial charge in [0, 0.05) is 6.42 Å². The molecule has 0 aromatic carbocycles. The van der Waals surface area contributed by atoms with Crippen LogP contribution in [0.5, 0.6) is 0 Å². The van der Waals surface area contributed by atoms with Crippen LogP contribution < -0.4 is 5.32 Å². The molecule has 354 valence electrons. The summed E-state index contributed by atoms with van der Waals surface area (Å²) in [5, 5.41) is 86.1. The second-order valence-corrected chi connectivity index (χ2v) is 17.3. The molecule has 2 rings (SSSR count). The quantitative estimate of drug-likeness (QED) is 0.0292. The second-order valence-electron chi connectivity index (χ2n) is 17.3. The van der Waals surface area contributed by atoms with Crippen LogP contribution in [0.4, 0.5) is 0 Å². The number of unbranched alkanes of at least 4 members (excludes halogenated alkanes) is 23. The van der Waals surface area contributed by atoms with Crippen LogP contribution in [0.3, 0.4) is 0 Å². The van der Waals surface area contributed by atoms with Gasteiger partial charge in [-0.05, 0) is 19.3 Å². The summed E-state index contributed by atoms with van der Waals surface area (Å²) >= 11 is 0. The molecule has 2 aliphatic heterocycles. The zero-order valence-corrected chi connectivity index (χ0v) is 37.2. The van der Waals surface area contributed by atoms with Gasteiger partial charge in [-0.3, -0.25) is 4.79 Å². The zero-order chi connectivity index (χ0) is 44.0. The first-order chi connectivity index (χ1) is 29.0. The van der Waals surface area contributed by atoms with Crippen molar-refractivity contribution in [1.82, 2.24) is 5.32 Å². The van der Waals surface area contributed by atoms with E-state index in [4.69, 9.17) is 18.9 Å². The number of carbonyl (C=O) groups is 1. The van der Waals surface area contributed by atoms with Crippen LogP contribution in [-0.4, -0.2) is 140 Å². The summed E-state index contributed by atoms with van der Waals surface area (Å²) in [5.41, 5.74) is 0. The van der Waals surface area contributed by atoms with Gasteiger partial charge in [0.25, 0.3) is 0 Å². The van der Waals surface area contributed by atoms with E-state index in [1.807, 2.05) is 6.08 Å². The van der Waals surface area contributed by atoms with E-state index in [1.54, 1.807) is 6.08 Å². The van der Waals surface area contributed by atoms with Gasteiger partial charge in [-0.25, -0.2) is 0 Å². The fourth-order valence-corrected chi connectivity index (χ4v) is 7.89. The predicted molar refractivity (Wildman–Crippen MR) is 231 cm³/mol. The van der Waals surface area contributed by atoms with E-state index in [1.165, 1.54) is 116 Å². The first kappa shape index (κ1) is 54.9. The highest BCUT2D eigenvalue weighted by Gasteiger charge is 2.47. The maximum absolute atomic E-state index is 13.1. The number of aliphatic hydroxyl groups excluding tert-OH is 8. The van der Waals surface area contributed by atoms with Gasteiger partial charge in [-0.2, -0.15) is 0 Å². The van der Waals surface area contributed by atoms with Crippen molar-refractivity contribution in [2.45, 2.75) is 254 Å². The SMILES string of the molecule is CCCCCCCCCCCCC/C=C/[C@@H](O)[C@H](CO[C@@H]1O[C@H](CO[C@@H]2O[C@H](CO)[C@H](O)[C@H](O)[C@H]2O)[C@H](O)[C@H](O)[C@H]1O)NC(=O)CCCCCCCCCCCCCCC. The van der Waals surface area contributed by atoms with Crippen molar-refractivity contribution in [3.8, 4) is 0 Å². The first-order valence-corrected chi connectivity index (χ1v) is 23.9. The van der Waals surface area contributed by atoms with E-state index in [-0.39, 0.29) is 18.9 Å². The number of ether oxygens (including phenoxy) is 4. The molecule has 0 aromatic heterocycles. The second kappa shape index (κ2) is 34.2. The minimum atomic E-state index is -1.73. The van der Waals surface area contributed by atoms with Crippen LogP contribution in [-0.2, 0) is 23.7 Å². The molecule has 0 bridgehead atoms. The number of aliphatic hydroxyl groups is 8. The topological polar surface area (TPSA) is 228 Å². The highest BCUT2D eigenvalue weighted by atomic mass is 16.7. The summed E-state index contributed by atoms with van der Waals surface area (Å²) in [7, 11) is 0. The molecule has 9 N–H and O–H groups in total. The minimum absolute atomic E-state index is 0.240. The summed E-state index contributed by atoms with van der Waals surface area (Å²) in [6, 6.07) is -0.906. The molecule has 0 saturated carbocycles. The Morgan fingerprint density at radius 2 is 0.983 bits per heavy atom. The third kappa shape index (κ3) is 22.4. The van der Waals surface area contributed by atoms with Crippen LogP contribution in [0.2, 0.25) is 0 Å². The summed E-state index contributed by atoms with van der Waals surface area (Å²) in [5.74, 6) is -0.240. The lowest BCUT2D eigenvalue weighted by molar-refractivity contribution is -0.331. The largest absolute Gasteiger partial charge is 0.394 e. The third-order valence-electron chi connectivity index (χ3n) is 12.0. The van der Waals surface area contributed by atoms with Gasteiger partial charge >= 0.3 is 0 Å². The molecule has 14 heteroatoms. The molecule has 2 saturated heterocycles. The van der Waals surface area contributed by atoms with Crippen LogP contribution >= 0.6 is 0 Å². The number of hydrogen-bond donors (Lipinski definition) is 9. The molecular weight excluding hydrogens is 774 g/mol. The van der Waals surface area contributed by atoms with Gasteiger partial charge in [0.1, 0.15) is 48.8 Å². The predicted octanol–water partition coefficient (Wildman–Crippen LogP) is 5.21. The molecule has 0 unspecified atom stereocenters. The number of carbonyl (C=O) groups excluding carboxylic acids is 1. The Balaban J connectivity index is 1.88. The number of hydrogen-bond acceptors (Lipinski definition) is 13. The fraction of sp³-hybridized carbons (Fsp3) is 0.935. The highest BCUT2D eigenvalue weighted by Crippen LogP contribution is 2.26. The molecule has 60 heavy (non-hydrogen) atoms. The fourth-order valence-electron chi connectivity index (χ4n) is 7.89. The Morgan fingerprint density at radius 1 is 0.567 bits per heavy atom. The van der Waals surface area contributed by atoms with Crippen molar-refractivity contribution in [3.05, 3.63) is 12.2 Å². The molecule has 2 aliphatic rings. The average molecular weight is 862 g/mol. The molecular formula is C46H87NO13. The number of allylic oxidation sites excluding steroid dienone is 1. The molecule has 2 heterocycles. The lowest BCUT2D eigenvalue weighted by Gasteiger charge is -2.43. The summed E-state index contributed by atoms with van der Waals surface area (Å²) in [6.45, 7) is 3.02. The Labute approximate surface area is 361 Å². The lowest BCUT2D eigenvalue weighted by Crippen LogP contribution is -2.62. The number of amides is 1. The van der Waals surface area contributed by atoms with Crippen molar-refractivity contribution in [2.75, 3.05) is 19.8 Å². The number of nitrogens with one attached hydrogen (secondary N) is 1. The standard InChI is InChI=1S/C46H87NO13/c1-3-5-7-9-11-13-15-17-19-21-23-25-27-29-35(49)34(47-38(50)30-28-26-24-22-20-18-16-14-12-10-8-6-4-2)32-57-45-44(56)42(54)40(52)37(60-45)33-58-46-43(55)41(53)39(51)36(31-48)59-46/h27,29,34-37,39-46,48-49,51-56H,3-26,28,30-33H2,1-2H3,(H,47,50)/b29-27+/t34-,35+,36+,37+,39-,40-,41-,42-,43+,44+,45+,46+/m0/s1. The van der Waals surface area contributed by atoms with Gasteiger partial charge in [0.15, 0.2) is 12.6 Å². The Bertz CT molecular complexity index is 1070. The molecule has 0 spiro atoms. The Hall–Kier alpha value is -1.27. The smallest absolute Gasteiger partial charge is 0.220 e. The maximum Gasteiger partial charge on any atom is 0.220 e. The van der Waals surface area contributed by atoms with E-state index in [2.05, 4.69) is 19.2 Å². The van der Waals surface area contributed by atoms with Crippen molar-refractivity contribution in [1.29, 1.82) is 0 Å². The van der Waals surface area contributed by atoms with Gasteiger partial charge in [0.2, 0.25) is 5.91 Å². The van der Waals surface area contributed by atoms with Gasteiger partial charge < -0.3 is 65.1 Å². The molecule has 14 nitrogen and oxygen atoms in total. The van der Waals surface area contributed by atoms with E-state index < -0.39 is 86.8 Å².